The highest BCUT2D eigenvalue weighted by molar-refractivity contribution is 7.80. The van der Waals surface area contributed by atoms with Crippen molar-refractivity contribution in [2.75, 3.05) is 13.1 Å². The van der Waals surface area contributed by atoms with Crippen LogP contribution in [0.5, 0.6) is 0 Å². The Morgan fingerprint density at radius 1 is 1.08 bits per heavy atom. The third-order valence-corrected chi connectivity index (χ3v) is 2.49. The molecule has 0 aliphatic rings. The molecular formula is C10H23NS. The molecule has 0 radical (unpaired) electrons. The zero-order valence-corrected chi connectivity index (χ0v) is 9.37. The van der Waals surface area contributed by atoms with E-state index >= 15 is 0 Å². The highest BCUT2D eigenvalue weighted by atomic mass is 32.1. The van der Waals surface area contributed by atoms with Gasteiger partial charge in [-0.1, -0.05) is 26.7 Å². The molecule has 0 spiro atoms. The van der Waals surface area contributed by atoms with Crippen molar-refractivity contribution >= 4 is 12.6 Å². The first kappa shape index (κ1) is 12.3. The average Bonchev–Trinajstić information content (AvgIpc) is 2.09. The van der Waals surface area contributed by atoms with Crippen LogP contribution in [0.3, 0.4) is 0 Å². The summed E-state index contributed by atoms with van der Waals surface area (Å²) >= 11 is 4.53. The number of hydrogen-bond donors (Lipinski definition) is 2. The van der Waals surface area contributed by atoms with Crippen molar-refractivity contribution in [3.8, 4) is 0 Å². The highest BCUT2D eigenvalue weighted by Gasteiger charge is 2.00. The van der Waals surface area contributed by atoms with Crippen molar-refractivity contribution in [3.05, 3.63) is 0 Å². The van der Waals surface area contributed by atoms with E-state index in [4.69, 9.17) is 0 Å². The first-order valence-electron chi connectivity index (χ1n) is 5.20. The zero-order chi connectivity index (χ0) is 9.23. The number of hydrogen-bond acceptors (Lipinski definition) is 2. The molecule has 0 fully saturated rings. The summed E-state index contributed by atoms with van der Waals surface area (Å²) in [5, 5.41) is 4.00. The van der Waals surface area contributed by atoms with E-state index in [0.717, 1.165) is 13.1 Å². The maximum absolute atomic E-state index is 4.53. The lowest BCUT2D eigenvalue weighted by molar-refractivity contribution is 0.593. The van der Waals surface area contributed by atoms with Crippen molar-refractivity contribution in [3.63, 3.8) is 0 Å². The second kappa shape index (κ2) is 9.40. The molecule has 1 N–H and O–H groups in total. The molecule has 2 heteroatoms. The van der Waals surface area contributed by atoms with Gasteiger partial charge in [-0.3, -0.25) is 0 Å². The largest absolute Gasteiger partial charge is 0.317 e. The van der Waals surface area contributed by atoms with Gasteiger partial charge in [0.15, 0.2) is 0 Å². The van der Waals surface area contributed by atoms with E-state index in [1.807, 2.05) is 0 Å². The van der Waals surface area contributed by atoms with Gasteiger partial charge in [0.25, 0.3) is 0 Å². The van der Waals surface area contributed by atoms with Gasteiger partial charge in [0.2, 0.25) is 0 Å². The molecule has 0 aromatic carbocycles. The van der Waals surface area contributed by atoms with Crippen LogP contribution in [0.4, 0.5) is 0 Å². The monoisotopic (exact) mass is 189 g/mol. The van der Waals surface area contributed by atoms with Gasteiger partial charge in [-0.25, -0.2) is 0 Å². The first-order valence-corrected chi connectivity index (χ1v) is 5.71. The van der Waals surface area contributed by atoms with Gasteiger partial charge in [-0.05, 0) is 32.4 Å². The van der Waals surface area contributed by atoms with Gasteiger partial charge in [0.05, 0.1) is 0 Å². The molecule has 0 heterocycles. The second-order valence-corrected chi connectivity index (χ2v) is 4.07. The molecule has 0 aromatic rings. The van der Waals surface area contributed by atoms with E-state index < -0.39 is 0 Å². The smallest absolute Gasteiger partial charge is 0.00288 e. The van der Waals surface area contributed by atoms with Crippen molar-refractivity contribution in [1.29, 1.82) is 0 Å². The fourth-order valence-electron chi connectivity index (χ4n) is 1.15. The molecule has 0 amide bonds. The summed E-state index contributed by atoms with van der Waals surface area (Å²) in [6.45, 7) is 6.71. The molecule has 0 aromatic heterocycles. The van der Waals surface area contributed by atoms with E-state index in [1.165, 1.54) is 32.1 Å². The van der Waals surface area contributed by atoms with Gasteiger partial charge in [-0.2, -0.15) is 12.6 Å². The molecule has 1 atom stereocenters. The molecule has 0 aliphatic carbocycles. The molecule has 0 saturated heterocycles. The molecule has 0 saturated carbocycles. The summed E-state index contributed by atoms with van der Waals surface area (Å²) in [6, 6.07) is 0. The Balaban J connectivity index is 3.02. The predicted molar refractivity (Wildman–Crippen MR) is 60.1 cm³/mol. The lowest BCUT2D eigenvalue weighted by atomic mass is 10.1. The highest BCUT2D eigenvalue weighted by Crippen LogP contribution is 2.09. The third kappa shape index (κ3) is 8.41. The Kier molecular flexibility index (Phi) is 9.64. The Bertz CT molecular complexity index is 85.9. The Morgan fingerprint density at radius 3 is 2.42 bits per heavy atom. The fourth-order valence-corrected chi connectivity index (χ4v) is 1.47. The van der Waals surface area contributed by atoms with Crippen LogP contribution in [0.25, 0.3) is 0 Å². The van der Waals surface area contributed by atoms with Crippen molar-refractivity contribution in [2.24, 2.45) is 0 Å². The first-order chi connectivity index (χ1) is 5.81. The SMILES string of the molecule is CCCCC(S)CCNCCC. The van der Waals surface area contributed by atoms with Gasteiger partial charge in [0.1, 0.15) is 0 Å². The van der Waals surface area contributed by atoms with E-state index in [9.17, 15) is 0 Å². The molecule has 1 unspecified atom stereocenters. The summed E-state index contributed by atoms with van der Waals surface area (Å²) in [5.41, 5.74) is 0. The van der Waals surface area contributed by atoms with Gasteiger partial charge >= 0.3 is 0 Å². The van der Waals surface area contributed by atoms with Crippen molar-refractivity contribution in [1.82, 2.24) is 5.32 Å². The Labute approximate surface area is 82.7 Å². The molecule has 1 nitrogen and oxygen atoms in total. The van der Waals surface area contributed by atoms with Crippen LogP contribution in [0.2, 0.25) is 0 Å². The van der Waals surface area contributed by atoms with Gasteiger partial charge in [-0.15, -0.1) is 0 Å². The van der Waals surface area contributed by atoms with E-state index in [1.54, 1.807) is 0 Å². The second-order valence-electron chi connectivity index (χ2n) is 3.33. The lowest BCUT2D eigenvalue weighted by Crippen LogP contribution is -2.19. The third-order valence-electron chi connectivity index (χ3n) is 1.97. The number of unbranched alkanes of at least 4 members (excludes halogenated alkanes) is 1. The van der Waals surface area contributed by atoms with E-state index in [0.29, 0.717) is 5.25 Å². The van der Waals surface area contributed by atoms with Crippen LogP contribution >= 0.6 is 12.6 Å². The van der Waals surface area contributed by atoms with Crippen LogP contribution in [0, 0.1) is 0 Å². The Morgan fingerprint density at radius 2 is 1.83 bits per heavy atom. The summed E-state index contributed by atoms with van der Waals surface area (Å²) in [7, 11) is 0. The maximum atomic E-state index is 4.53. The van der Waals surface area contributed by atoms with Gasteiger partial charge in [0, 0.05) is 5.25 Å². The van der Waals surface area contributed by atoms with Crippen LogP contribution < -0.4 is 5.32 Å². The number of thiol groups is 1. The summed E-state index contributed by atoms with van der Waals surface area (Å²) in [6.07, 6.45) is 6.32. The minimum absolute atomic E-state index is 0.606. The predicted octanol–water partition coefficient (Wildman–Crippen LogP) is 2.86. The van der Waals surface area contributed by atoms with Crippen molar-refractivity contribution < 1.29 is 0 Å². The zero-order valence-electron chi connectivity index (χ0n) is 8.47. The summed E-state index contributed by atoms with van der Waals surface area (Å²) in [4.78, 5) is 0. The van der Waals surface area contributed by atoms with Crippen LogP contribution in [0.1, 0.15) is 46.0 Å². The van der Waals surface area contributed by atoms with Gasteiger partial charge < -0.3 is 5.32 Å². The molecular weight excluding hydrogens is 166 g/mol. The molecule has 0 aliphatic heterocycles. The maximum Gasteiger partial charge on any atom is 0.00288 e. The van der Waals surface area contributed by atoms with Crippen LogP contribution in [0.15, 0.2) is 0 Å². The molecule has 0 bridgehead atoms. The standard InChI is InChI=1S/C10H23NS/c1-3-5-6-10(12)7-9-11-8-4-2/h10-12H,3-9H2,1-2H3. The minimum atomic E-state index is 0.606. The van der Waals surface area contributed by atoms with Crippen LogP contribution in [-0.2, 0) is 0 Å². The molecule has 74 valence electrons. The topological polar surface area (TPSA) is 12.0 Å². The fraction of sp³-hybridized carbons (Fsp3) is 1.00. The van der Waals surface area contributed by atoms with E-state index in [-0.39, 0.29) is 0 Å². The summed E-state index contributed by atoms with van der Waals surface area (Å²) < 4.78 is 0. The van der Waals surface area contributed by atoms with Crippen LogP contribution in [-0.4, -0.2) is 18.3 Å². The lowest BCUT2D eigenvalue weighted by Gasteiger charge is -2.09. The molecule has 0 rings (SSSR count). The summed E-state index contributed by atoms with van der Waals surface area (Å²) in [5.74, 6) is 0. The normalized spacial score (nSPS) is 13.2. The minimum Gasteiger partial charge on any atom is -0.317 e. The number of nitrogens with one attached hydrogen (secondary N) is 1. The number of rotatable bonds is 8. The average molecular weight is 189 g/mol. The van der Waals surface area contributed by atoms with E-state index in [2.05, 4.69) is 31.8 Å². The quantitative estimate of drug-likeness (QED) is 0.442. The molecule has 12 heavy (non-hydrogen) atoms. The van der Waals surface area contributed by atoms with Crippen molar-refractivity contribution in [2.45, 2.75) is 51.2 Å². The Hall–Kier alpha value is 0.310.